The molecule has 2 heterocycles. The Bertz CT molecular complexity index is 1790. The van der Waals surface area contributed by atoms with Crippen LogP contribution in [0.2, 0.25) is 0 Å². The summed E-state index contributed by atoms with van der Waals surface area (Å²) in [5.74, 6) is -1.58. The van der Waals surface area contributed by atoms with E-state index in [4.69, 9.17) is 0 Å². The van der Waals surface area contributed by atoms with Crippen molar-refractivity contribution in [2.75, 3.05) is 26.2 Å². The zero-order valence-corrected chi connectivity index (χ0v) is 22.4. The molecule has 0 bridgehead atoms. The van der Waals surface area contributed by atoms with Crippen LogP contribution >= 0.6 is 0 Å². The maximum absolute atomic E-state index is 14.7. The highest BCUT2D eigenvalue weighted by Crippen LogP contribution is 2.21. The quantitative estimate of drug-likeness (QED) is 0.332. The molecule has 212 valence electrons. The van der Waals surface area contributed by atoms with Gasteiger partial charge in [-0.05, 0) is 41.5 Å². The molecule has 0 spiro atoms. The number of H-pyrrole nitrogens is 1. The first-order chi connectivity index (χ1) is 19.6. The summed E-state index contributed by atoms with van der Waals surface area (Å²) in [5.41, 5.74) is 1.41. The minimum absolute atomic E-state index is 0.0146. The van der Waals surface area contributed by atoms with E-state index in [1.54, 1.807) is 35.2 Å². The first-order valence-electron chi connectivity index (χ1n) is 12.6. The molecule has 0 radical (unpaired) electrons. The van der Waals surface area contributed by atoms with Crippen molar-refractivity contribution in [1.82, 2.24) is 20.0 Å². The van der Waals surface area contributed by atoms with E-state index in [0.29, 0.717) is 27.6 Å². The number of hydrogen-bond donors (Lipinski definition) is 1. The average Bonchev–Trinajstić information content (AvgIpc) is 2.95. The van der Waals surface area contributed by atoms with Crippen molar-refractivity contribution in [1.29, 1.82) is 0 Å². The smallest absolute Gasteiger partial charge is 0.358 e. The molecule has 4 aromatic rings. The van der Waals surface area contributed by atoms with Gasteiger partial charge in [0.05, 0.1) is 23.1 Å². The number of halogens is 2. The van der Waals surface area contributed by atoms with Gasteiger partial charge in [-0.25, -0.2) is 9.49 Å². The third kappa shape index (κ3) is 6.57. The lowest BCUT2D eigenvalue weighted by Gasteiger charge is -2.35. The van der Waals surface area contributed by atoms with Crippen LogP contribution in [-0.4, -0.2) is 66.4 Å². The summed E-state index contributed by atoms with van der Waals surface area (Å²) in [6.45, 7) is 0.921. The highest BCUT2D eigenvalue weighted by molar-refractivity contribution is 7.81. The van der Waals surface area contributed by atoms with E-state index in [0.717, 1.165) is 0 Å². The molecule has 13 heteroatoms. The van der Waals surface area contributed by atoms with E-state index >= 15 is 0 Å². The summed E-state index contributed by atoms with van der Waals surface area (Å²) in [4.78, 5) is 41.1. The number of aromatic amines is 1. The molecule has 1 aliphatic heterocycles. The monoisotopic (exact) mass is 581 g/mol. The Labute approximate surface area is 233 Å². The van der Waals surface area contributed by atoms with Gasteiger partial charge in [0.15, 0.2) is 0 Å². The first kappa shape index (κ1) is 27.9. The summed E-state index contributed by atoms with van der Waals surface area (Å²) in [6.07, 6.45) is 0.289. The molecular weight excluding hydrogens is 557 g/mol. The Morgan fingerprint density at radius 2 is 1.54 bits per heavy atom. The fourth-order valence-corrected chi connectivity index (χ4v) is 5.08. The van der Waals surface area contributed by atoms with Crippen LogP contribution in [0.4, 0.5) is 8.28 Å². The minimum atomic E-state index is -5.14. The zero-order valence-electron chi connectivity index (χ0n) is 21.5. The van der Waals surface area contributed by atoms with Crippen LogP contribution in [0.3, 0.4) is 0 Å². The SMILES string of the molecule is O=C(Cc1ccc(OS(=O)(=O)[18F])cc1)N1CCN(C(=O)c2cc(Cc3n[nH]c(=O)c4ccccc34)ccc2F)CC1. The van der Waals surface area contributed by atoms with Gasteiger partial charge in [-0.1, -0.05) is 40.3 Å². The summed E-state index contributed by atoms with van der Waals surface area (Å²) in [5, 5.41) is 7.79. The van der Waals surface area contributed by atoms with Gasteiger partial charge in [0.2, 0.25) is 5.91 Å². The van der Waals surface area contributed by atoms with Crippen molar-refractivity contribution in [2.45, 2.75) is 12.8 Å². The van der Waals surface area contributed by atoms with Crippen molar-refractivity contribution in [3.8, 4) is 5.75 Å². The van der Waals surface area contributed by atoms with Crippen molar-refractivity contribution >= 4 is 33.1 Å². The zero-order chi connectivity index (χ0) is 29.1. The average molecular weight is 582 g/mol. The number of nitrogens with one attached hydrogen (secondary N) is 1. The molecule has 1 aliphatic rings. The van der Waals surface area contributed by atoms with Gasteiger partial charge in [-0.2, -0.15) is 13.5 Å². The number of rotatable bonds is 7. The number of nitrogens with zero attached hydrogens (tertiary/aromatic N) is 3. The molecular formula is C28H24F2N4O6S. The molecule has 0 saturated carbocycles. The molecule has 3 aromatic carbocycles. The molecule has 1 fully saturated rings. The van der Waals surface area contributed by atoms with Gasteiger partial charge < -0.3 is 14.0 Å². The van der Waals surface area contributed by atoms with Gasteiger partial charge in [-0.3, -0.25) is 14.4 Å². The van der Waals surface area contributed by atoms with Crippen LogP contribution < -0.4 is 9.74 Å². The Balaban J connectivity index is 1.21. The Hall–Kier alpha value is -4.65. The third-order valence-corrected chi connectivity index (χ3v) is 7.19. The molecule has 1 aromatic heterocycles. The summed E-state index contributed by atoms with van der Waals surface area (Å²) >= 11 is 0. The Morgan fingerprint density at radius 1 is 0.902 bits per heavy atom. The number of fused-ring (bicyclic) bond motifs is 1. The maximum Gasteiger partial charge on any atom is 0.488 e. The van der Waals surface area contributed by atoms with E-state index in [2.05, 4.69) is 14.4 Å². The van der Waals surface area contributed by atoms with E-state index in [1.807, 2.05) is 0 Å². The molecule has 2 amide bonds. The molecule has 5 rings (SSSR count). The van der Waals surface area contributed by atoms with Crippen molar-refractivity contribution in [3.63, 3.8) is 0 Å². The van der Waals surface area contributed by atoms with Crippen LogP contribution in [0, 0.1) is 5.82 Å². The topological polar surface area (TPSA) is 130 Å². The summed E-state index contributed by atoms with van der Waals surface area (Å²) in [6, 6.07) is 16.7. The third-order valence-electron chi connectivity index (χ3n) is 6.80. The van der Waals surface area contributed by atoms with Crippen molar-refractivity contribution in [2.24, 2.45) is 0 Å². The van der Waals surface area contributed by atoms with E-state index in [9.17, 15) is 31.1 Å². The predicted molar refractivity (Wildman–Crippen MR) is 145 cm³/mol. The first-order valence-corrected chi connectivity index (χ1v) is 13.9. The Kier molecular flexibility index (Phi) is 7.79. The fourth-order valence-electron chi connectivity index (χ4n) is 4.74. The number of carbonyl (C=O) groups is 2. The lowest BCUT2D eigenvalue weighted by molar-refractivity contribution is -0.131. The highest BCUT2D eigenvalue weighted by Gasteiger charge is 2.27. The molecule has 0 unspecified atom stereocenters. The molecule has 0 atom stereocenters. The number of carbonyl (C=O) groups excluding carboxylic acids is 2. The second-order valence-corrected chi connectivity index (χ2v) is 10.5. The minimum Gasteiger partial charge on any atom is -0.358 e. The van der Waals surface area contributed by atoms with Crippen LogP contribution in [0.5, 0.6) is 5.75 Å². The van der Waals surface area contributed by atoms with Gasteiger partial charge in [0, 0.05) is 38.0 Å². The fraction of sp³-hybridized carbons (Fsp3) is 0.214. The molecule has 41 heavy (non-hydrogen) atoms. The normalized spacial score (nSPS) is 13.8. The lowest BCUT2D eigenvalue weighted by atomic mass is 10.0. The number of benzene rings is 3. The molecule has 1 N–H and O–H groups in total. The lowest BCUT2D eigenvalue weighted by Crippen LogP contribution is -2.51. The number of amides is 2. The van der Waals surface area contributed by atoms with Gasteiger partial charge in [0.1, 0.15) is 11.6 Å². The largest absolute Gasteiger partial charge is 0.488 e. The van der Waals surface area contributed by atoms with Gasteiger partial charge in [-0.15, -0.1) is 0 Å². The van der Waals surface area contributed by atoms with E-state index in [-0.39, 0.29) is 61.8 Å². The predicted octanol–water partition coefficient (Wildman–Crippen LogP) is 2.77. The van der Waals surface area contributed by atoms with E-state index in [1.165, 1.54) is 41.3 Å². The van der Waals surface area contributed by atoms with Crippen molar-refractivity contribution < 1.29 is 30.5 Å². The van der Waals surface area contributed by atoms with Crippen LogP contribution in [0.15, 0.2) is 71.5 Å². The van der Waals surface area contributed by atoms with Crippen LogP contribution in [0.1, 0.15) is 27.2 Å². The van der Waals surface area contributed by atoms with Crippen LogP contribution in [0.25, 0.3) is 10.8 Å². The van der Waals surface area contributed by atoms with Crippen LogP contribution in [-0.2, 0) is 28.1 Å². The molecule has 10 nitrogen and oxygen atoms in total. The Morgan fingerprint density at radius 3 is 2.22 bits per heavy atom. The van der Waals surface area contributed by atoms with Gasteiger partial charge in [0.25, 0.3) is 11.5 Å². The maximum atomic E-state index is 14.7. The second kappa shape index (κ2) is 11.5. The number of piperazine rings is 1. The second-order valence-electron chi connectivity index (χ2n) is 9.51. The number of hydrogen-bond acceptors (Lipinski definition) is 7. The summed E-state index contributed by atoms with van der Waals surface area (Å²) in [7, 11) is -5.14. The highest BCUT2D eigenvalue weighted by atomic mass is 32.3. The molecule has 0 aliphatic carbocycles. The molecule has 1 saturated heterocycles. The van der Waals surface area contributed by atoms with E-state index < -0.39 is 22.2 Å². The number of aromatic nitrogens is 2. The standard InChI is InChI=1S/C28H24F2N4O6S/c29-24-10-7-19(16-25-21-3-1-2-4-22(21)27(36)32-31-25)15-23(24)28(37)34-13-11-33(12-14-34)26(35)17-18-5-8-20(9-6-18)40-41(30,38)39/h1-10,15H,11-14,16-17H2,(H,32,36)/i30-1. The van der Waals surface area contributed by atoms with Gasteiger partial charge >= 0.3 is 10.5 Å². The summed E-state index contributed by atoms with van der Waals surface area (Å²) < 4.78 is 52.7. The van der Waals surface area contributed by atoms with Crippen molar-refractivity contribution in [3.05, 3.63) is 105 Å².